The van der Waals surface area contributed by atoms with Crippen molar-refractivity contribution in [2.45, 2.75) is 46.1 Å². The summed E-state index contributed by atoms with van der Waals surface area (Å²) in [5.41, 5.74) is 0.697. The molecule has 0 aromatic heterocycles. The quantitative estimate of drug-likeness (QED) is 0.508. The summed E-state index contributed by atoms with van der Waals surface area (Å²) < 4.78 is 0. The van der Waals surface area contributed by atoms with Crippen molar-refractivity contribution in [3.63, 3.8) is 0 Å². The lowest BCUT2D eigenvalue weighted by Crippen LogP contribution is -2.10. The fourth-order valence-corrected chi connectivity index (χ4v) is 1.10. The van der Waals surface area contributed by atoms with Crippen molar-refractivity contribution in [2.24, 2.45) is 5.92 Å². The maximum atomic E-state index is 10.2. The Morgan fingerprint density at radius 3 is 2.62 bits per heavy atom. The minimum Gasteiger partial charge on any atom is -0.393 e. The molecule has 0 amide bonds. The van der Waals surface area contributed by atoms with Crippen molar-refractivity contribution in [3.05, 3.63) is 11.6 Å². The first-order chi connectivity index (χ1) is 6.10. The van der Waals surface area contributed by atoms with E-state index in [0.29, 0.717) is 17.9 Å². The SMILES string of the molecule is CCC(C)CC(O)CC=C(C)C=O. The zero-order valence-electron chi connectivity index (χ0n) is 8.79. The summed E-state index contributed by atoms with van der Waals surface area (Å²) in [4.78, 5) is 10.2. The highest BCUT2D eigenvalue weighted by Crippen LogP contribution is 2.12. The molecule has 13 heavy (non-hydrogen) atoms. The molecule has 0 radical (unpaired) electrons. The lowest BCUT2D eigenvalue weighted by atomic mass is 9.99. The van der Waals surface area contributed by atoms with E-state index in [-0.39, 0.29) is 6.10 Å². The van der Waals surface area contributed by atoms with E-state index in [0.717, 1.165) is 19.1 Å². The number of carbonyl (C=O) groups is 1. The number of rotatable bonds is 6. The van der Waals surface area contributed by atoms with Gasteiger partial charge in [-0.2, -0.15) is 0 Å². The van der Waals surface area contributed by atoms with Crippen LogP contribution in [-0.4, -0.2) is 17.5 Å². The molecule has 0 aliphatic heterocycles. The van der Waals surface area contributed by atoms with Gasteiger partial charge in [-0.05, 0) is 31.3 Å². The van der Waals surface area contributed by atoms with E-state index in [9.17, 15) is 9.90 Å². The molecule has 0 aliphatic carbocycles. The van der Waals surface area contributed by atoms with E-state index in [1.54, 1.807) is 13.0 Å². The third-order valence-electron chi connectivity index (χ3n) is 2.27. The summed E-state index contributed by atoms with van der Waals surface area (Å²) in [6.07, 6.45) is 4.81. The summed E-state index contributed by atoms with van der Waals surface area (Å²) in [6, 6.07) is 0. The Morgan fingerprint density at radius 1 is 1.54 bits per heavy atom. The van der Waals surface area contributed by atoms with Crippen molar-refractivity contribution in [3.8, 4) is 0 Å². The van der Waals surface area contributed by atoms with E-state index in [1.165, 1.54) is 0 Å². The summed E-state index contributed by atoms with van der Waals surface area (Å²) in [5.74, 6) is 0.555. The van der Waals surface area contributed by atoms with E-state index in [1.807, 2.05) is 0 Å². The molecule has 0 aromatic carbocycles. The number of aliphatic hydroxyl groups excluding tert-OH is 1. The van der Waals surface area contributed by atoms with Crippen molar-refractivity contribution in [1.82, 2.24) is 0 Å². The monoisotopic (exact) mass is 184 g/mol. The van der Waals surface area contributed by atoms with Gasteiger partial charge in [-0.3, -0.25) is 4.79 Å². The average Bonchev–Trinajstić information content (AvgIpc) is 2.13. The molecule has 2 unspecified atom stereocenters. The number of allylic oxidation sites excluding steroid dienone is 1. The molecule has 76 valence electrons. The summed E-state index contributed by atoms with van der Waals surface area (Å²) in [5, 5.41) is 9.53. The van der Waals surface area contributed by atoms with Crippen molar-refractivity contribution in [1.29, 1.82) is 0 Å². The minimum atomic E-state index is -0.301. The standard InChI is InChI=1S/C11H20O2/c1-4-9(2)7-11(13)6-5-10(3)8-12/h5,8-9,11,13H,4,6-7H2,1-3H3. The van der Waals surface area contributed by atoms with Gasteiger partial charge >= 0.3 is 0 Å². The predicted octanol–water partition coefficient (Wildman–Crippen LogP) is 2.32. The number of hydrogen-bond acceptors (Lipinski definition) is 2. The summed E-state index contributed by atoms with van der Waals surface area (Å²) in [6.45, 7) is 5.99. The molecule has 2 atom stereocenters. The van der Waals surface area contributed by atoms with Gasteiger partial charge in [-0.15, -0.1) is 0 Å². The minimum absolute atomic E-state index is 0.301. The molecule has 2 nitrogen and oxygen atoms in total. The van der Waals surface area contributed by atoms with E-state index in [2.05, 4.69) is 13.8 Å². The van der Waals surface area contributed by atoms with Crippen molar-refractivity contribution < 1.29 is 9.90 Å². The van der Waals surface area contributed by atoms with E-state index < -0.39 is 0 Å². The van der Waals surface area contributed by atoms with Gasteiger partial charge in [0.1, 0.15) is 6.29 Å². The Hall–Kier alpha value is -0.630. The van der Waals surface area contributed by atoms with Crippen LogP contribution in [0.3, 0.4) is 0 Å². The largest absolute Gasteiger partial charge is 0.393 e. The predicted molar refractivity (Wildman–Crippen MR) is 54.5 cm³/mol. The van der Waals surface area contributed by atoms with Crippen LogP contribution in [-0.2, 0) is 4.79 Å². The van der Waals surface area contributed by atoms with Gasteiger partial charge in [0.2, 0.25) is 0 Å². The third-order valence-corrected chi connectivity index (χ3v) is 2.27. The van der Waals surface area contributed by atoms with Crippen molar-refractivity contribution >= 4 is 6.29 Å². The molecule has 0 heterocycles. The van der Waals surface area contributed by atoms with Gasteiger partial charge in [-0.1, -0.05) is 26.3 Å². The van der Waals surface area contributed by atoms with Crippen LogP contribution >= 0.6 is 0 Å². The van der Waals surface area contributed by atoms with Crippen LogP contribution in [0, 0.1) is 5.92 Å². The van der Waals surface area contributed by atoms with Gasteiger partial charge in [0.25, 0.3) is 0 Å². The number of hydrogen-bond donors (Lipinski definition) is 1. The molecule has 0 saturated carbocycles. The summed E-state index contributed by atoms with van der Waals surface area (Å²) in [7, 11) is 0. The number of aliphatic hydroxyl groups is 1. The van der Waals surface area contributed by atoms with Crippen LogP contribution in [0.4, 0.5) is 0 Å². The molecular formula is C11H20O2. The number of carbonyl (C=O) groups excluding carboxylic acids is 1. The second-order valence-corrected chi connectivity index (χ2v) is 3.70. The van der Waals surface area contributed by atoms with Crippen LogP contribution in [0.15, 0.2) is 11.6 Å². The second-order valence-electron chi connectivity index (χ2n) is 3.70. The zero-order valence-corrected chi connectivity index (χ0v) is 8.79. The maximum Gasteiger partial charge on any atom is 0.145 e. The summed E-state index contributed by atoms with van der Waals surface area (Å²) >= 11 is 0. The molecular weight excluding hydrogens is 164 g/mol. The molecule has 0 rings (SSSR count). The zero-order chi connectivity index (χ0) is 10.3. The highest BCUT2D eigenvalue weighted by atomic mass is 16.3. The molecule has 1 N–H and O–H groups in total. The smallest absolute Gasteiger partial charge is 0.145 e. The number of aldehydes is 1. The Labute approximate surface area is 80.7 Å². The molecule has 0 aliphatic rings. The Bertz CT molecular complexity index is 173. The molecule has 2 heteroatoms. The lowest BCUT2D eigenvalue weighted by Gasteiger charge is -2.12. The van der Waals surface area contributed by atoms with Gasteiger partial charge in [0, 0.05) is 0 Å². The van der Waals surface area contributed by atoms with Crippen LogP contribution in [0.25, 0.3) is 0 Å². The fourth-order valence-electron chi connectivity index (χ4n) is 1.10. The first-order valence-electron chi connectivity index (χ1n) is 4.90. The van der Waals surface area contributed by atoms with Crippen LogP contribution in [0.2, 0.25) is 0 Å². The normalized spacial score (nSPS) is 16.8. The lowest BCUT2D eigenvalue weighted by molar-refractivity contribution is -0.104. The Morgan fingerprint density at radius 2 is 2.15 bits per heavy atom. The van der Waals surface area contributed by atoms with Gasteiger partial charge in [0.05, 0.1) is 6.10 Å². The maximum absolute atomic E-state index is 10.2. The first-order valence-corrected chi connectivity index (χ1v) is 4.90. The highest BCUT2D eigenvalue weighted by molar-refractivity contribution is 5.71. The molecule has 0 bridgehead atoms. The molecule has 0 spiro atoms. The van der Waals surface area contributed by atoms with Crippen LogP contribution in [0.5, 0.6) is 0 Å². The topological polar surface area (TPSA) is 37.3 Å². The third kappa shape index (κ3) is 6.52. The van der Waals surface area contributed by atoms with Crippen LogP contribution in [0.1, 0.15) is 40.0 Å². The van der Waals surface area contributed by atoms with Crippen molar-refractivity contribution in [2.75, 3.05) is 0 Å². The Kier molecular flexibility index (Phi) is 6.51. The molecule has 0 aromatic rings. The first kappa shape index (κ1) is 12.4. The molecule has 0 fully saturated rings. The highest BCUT2D eigenvalue weighted by Gasteiger charge is 2.07. The molecule has 0 saturated heterocycles. The van der Waals surface area contributed by atoms with Gasteiger partial charge in [0.15, 0.2) is 0 Å². The fraction of sp³-hybridized carbons (Fsp3) is 0.727. The average molecular weight is 184 g/mol. The van der Waals surface area contributed by atoms with Gasteiger partial charge in [-0.25, -0.2) is 0 Å². The second kappa shape index (κ2) is 6.84. The van der Waals surface area contributed by atoms with E-state index in [4.69, 9.17) is 0 Å². The van der Waals surface area contributed by atoms with Crippen LogP contribution < -0.4 is 0 Å². The van der Waals surface area contributed by atoms with Gasteiger partial charge < -0.3 is 5.11 Å². The van der Waals surface area contributed by atoms with E-state index >= 15 is 0 Å². The Balaban J connectivity index is 3.74.